The van der Waals surface area contributed by atoms with Crippen molar-refractivity contribution in [1.29, 1.82) is 0 Å². The van der Waals surface area contributed by atoms with Crippen LogP contribution in [0.3, 0.4) is 0 Å². The van der Waals surface area contributed by atoms with E-state index in [1.54, 1.807) is 6.92 Å². The molecule has 0 saturated carbocycles. The third-order valence-electron chi connectivity index (χ3n) is 5.93. The summed E-state index contributed by atoms with van der Waals surface area (Å²) in [5.41, 5.74) is -2.88. The number of carbonyl (C=O) groups excluding carboxylic acids is 2. The zero-order valence-electron chi connectivity index (χ0n) is 20.4. The van der Waals surface area contributed by atoms with E-state index in [4.69, 9.17) is 0 Å². The topological polar surface area (TPSA) is 106 Å². The van der Waals surface area contributed by atoms with Crippen LogP contribution in [-0.2, 0) is 4.74 Å². The summed E-state index contributed by atoms with van der Waals surface area (Å²) in [6, 6.07) is 1.31. The lowest BCUT2D eigenvalue weighted by molar-refractivity contribution is -0.326. The van der Waals surface area contributed by atoms with E-state index in [9.17, 15) is 40.7 Å². The van der Waals surface area contributed by atoms with Gasteiger partial charge in [-0.25, -0.2) is 22.9 Å². The van der Waals surface area contributed by atoms with Crippen molar-refractivity contribution in [2.75, 3.05) is 18.1 Å². The van der Waals surface area contributed by atoms with Crippen LogP contribution in [-0.4, -0.2) is 53.1 Å². The quantitative estimate of drug-likeness (QED) is 0.431. The van der Waals surface area contributed by atoms with Crippen LogP contribution >= 0.6 is 0 Å². The first-order valence-electron chi connectivity index (χ1n) is 11.6. The Morgan fingerprint density at radius 3 is 2.44 bits per heavy atom. The molecule has 1 fully saturated rings. The summed E-state index contributed by atoms with van der Waals surface area (Å²) >= 11 is 0. The molecule has 3 heterocycles. The lowest BCUT2D eigenvalue weighted by Crippen LogP contribution is -2.41. The molecule has 2 atom stereocenters. The van der Waals surface area contributed by atoms with Crippen LogP contribution < -0.4 is 21.0 Å². The number of halogens is 6. The minimum Gasteiger partial charge on any atom is -0.347 e. The molecule has 1 aliphatic rings. The molecule has 3 aromatic rings. The van der Waals surface area contributed by atoms with Crippen LogP contribution in [0.4, 0.5) is 37.0 Å². The van der Waals surface area contributed by atoms with Crippen molar-refractivity contribution in [1.82, 2.24) is 20.2 Å². The van der Waals surface area contributed by atoms with E-state index in [1.807, 2.05) is 0 Å². The number of alkyl halides is 3. The van der Waals surface area contributed by atoms with Gasteiger partial charge in [0.05, 0.1) is 18.0 Å². The Morgan fingerprint density at radius 2 is 1.87 bits per heavy atom. The van der Waals surface area contributed by atoms with Crippen molar-refractivity contribution in [2.45, 2.75) is 38.7 Å². The number of aromatic nitrogens is 2. The summed E-state index contributed by atoms with van der Waals surface area (Å²) < 4.78 is 85.2. The van der Waals surface area contributed by atoms with Crippen LogP contribution in [0.5, 0.6) is 0 Å². The zero-order valence-corrected chi connectivity index (χ0v) is 20.4. The van der Waals surface area contributed by atoms with Gasteiger partial charge in [0, 0.05) is 30.9 Å². The second kappa shape index (κ2) is 10.6. The molecule has 1 saturated heterocycles. The van der Waals surface area contributed by atoms with Gasteiger partial charge in [0.2, 0.25) is 5.43 Å². The molecule has 39 heavy (non-hydrogen) atoms. The molecule has 3 amide bonds. The fourth-order valence-corrected chi connectivity index (χ4v) is 4.05. The molecule has 0 aliphatic carbocycles. The monoisotopic (exact) mass is 557 g/mol. The Labute approximate surface area is 216 Å². The second-order valence-corrected chi connectivity index (χ2v) is 8.80. The number of benzene rings is 1. The number of urea groups is 1. The number of rotatable bonds is 7. The van der Waals surface area contributed by atoms with Crippen LogP contribution in [0, 0.1) is 17.5 Å². The molecule has 0 radical (unpaired) electrons. The predicted octanol–water partition coefficient (Wildman–Crippen LogP) is 3.77. The summed E-state index contributed by atoms with van der Waals surface area (Å²) in [5, 5.41) is 4.58. The van der Waals surface area contributed by atoms with Crippen LogP contribution in [0.1, 0.15) is 30.6 Å². The Morgan fingerprint density at radius 1 is 1.21 bits per heavy atom. The Kier molecular flexibility index (Phi) is 7.54. The average molecular weight is 557 g/mol. The predicted molar refractivity (Wildman–Crippen MR) is 126 cm³/mol. The normalized spacial score (nSPS) is 16.5. The molecule has 2 N–H and O–H groups in total. The van der Waals surface area contributed by atoms with E-state index in [0.717, 1.165) is 6.20 Å². The number of ether oxygens (including phenoxy) is 1. The van der Waals surface area contributed by atoms with Gasteiger partial charge in [0.15, 0.2) is 17.3 Å². The van der Waals surface area contributed by atoms with E-state index in [0.29, 0.717) is 16.7 Å². The van der Waals surface area contributed by atoms with Gasteiger partial charge in [-0.3, -0.25) is 23.8 Å². The summed E-state index contributed by atoms with van der Waals surface area (Å²) in [6.07, 6.45) is -4.22. The first-order valence-corrected chi connectivity index (χ1v) is 11.6. The summed E-state index contributed by atoms with van der Waals surface area (Å²) in [6.45, 7) is 2.44. The van der Waals surface area contributed by atoms with Crippen molar-refractivity contribution < 1.29 is 40.7 Å². The number of nitrogens with one attached hydrogen (secondary N) is 2. The molecule has 0 bridgehead atoms. The lowest BCUT2D eigenvalue weighted by Gasteiger charge is -2.20. The van der Waals surface area contributed by atoms with Gasteiger partial charge in [0.1, 0.15) is 22.9 Å². The zero-order chi connectivity index (χ0) is 28.6. The molecule has 15 heteroatoms. The molecular weight excluding hydrogens is 536 g/mol. The van der Waals surface area contributed by atoms with E-state index >= 15 is 0 Å². The number of carbonyl (C=O) groups is 2. The smallest absolute Gasteiger partial charge is 0.347 e. The highest BCUT2D eigenvalue weighted by atomic mass is 19.4. The van der Waals surface area contributed by atoms with Gasteiger partial charge in [-0.05, 0) is 25.5 Å². The summed E-state index contributed by atoms with van der Waals surface area (Å²) in [5.74, 6) is -5.15. The molecule has 2 aromatic heterocycles. The van der Waals surface area contributed by atoms with Crippen molar-refractivity contribution in [3.05, 3.63) is 63.7 Å². The highest BCUT2D eigenvalue weighted by molar-refractivity contribution is 5.98. The van der Waals surface area contributed by atoms with Gasteiger partial charge in [-0.15, -0.1) is 13.2 Å². The average Bonchev–Trinajstić information content (AvgIpc) is 3.19. The fourth-order valence-electron chi connectivity index (χ4n) is 4.05. The maximum absolute atomic E-state index is 14.8. The molecule has 208 valence electrons. The Balaban J connectivity index is 1.87. The summed E-state index contributed by atoms with van der Waals surface area (Å²) in [7, 11) is 0. The van der Waals surface area contributed by atoms with Crippen LogP contribution in [0.25, 0.3) is 16.7 Å². The summed E-state index contributed by atoms with van der Waals surface area (Å²) in [4.78, 5) is 44.0. The van der Waals surface area contributed by atoms with Crippen molar-refractivity contribution >= 4 is 28.8 Å². The van der Waals surface area contributed by atoms with Gasteiger partial charge in [0.25, 0.3) is 5.91 Å². The van der Waals surface area contributed by atoms with Gasteiger partial charge in [-0.1, -0.05) is 6.92 Å². The molecule has 4 rings (SSSR count). The van der Waals surface area contributed by atoms with E-state index in [-0.39, 0.29) is 35.9 Å². The Hall–Kier alpha value is -4.14. The first-order chi connectivity index (χ1) is 18.3. The molecule has 1 aromatic carbocycles. The maximum atomic E-state index is 14.8. The molecule has 0 spiro atoms. The Bertz CT molecular complexity index is 1490. The standard InChI is InChI=1S/C24H21F6N5O4/c1-3-13(10-39-24(28,29)30)32-22(37)15-9-35(19-16(26)6-12(25)7-17(19)27)21-14(20(15)36)4-5-18(33-21)34-8-11(2)31-23(34)38/h4-7,9,11,13H,3,8,10H2,1-2H3,(H,31,38)(H,32,37). The molecule has 1 aliphatic heterocycles. The first kappa shape index (κ1) is 27.9. The van der Waals surface area contributed by atoms with Crippen molar-refractivity contribution in [3.63, 3.8) is 0 Å². The maximum Gasteiger partial charge on any atom is 0.522 e. The van der Waals surface area contributed by atoms with Gasteiger partial charge in [-0.2, -0.15) is 0 Å². The van der Waals surface area contributed by atoms with E-state index in [2.05, 4.69) is 20.4 Å². The second-order valence-electron chi connectivity index (χ2n) is 8.80. The number of fused-ring (bicyclic) bond motifs is 1. The molecule has 9 nitrogen and oxygen atoms in total. The third-order valence-corrected chi connectivity index (χ3v) is 5.93. The van der Waals surface area contributed by atoms with E-state index in [1.165, 1.54) is 24.0 Å². The number of anilines is 1. The lowest BCUT2D eigenvalue weighted by atomic mass is 10.1. The van der Waals surface area contributed by atoms with Crippen LogP contribution in [0.2, 0.25) is 0 Å². The minimum atomic E-state index is -4.96. The van der Waals surface area contributed by atoms with Crippen molar-refractivity contribution in [2.24, 2.45) is 0 Å². The number of nitrogens with zero attached hydrogens (tertiary/aromatic N) is 3. The SMILES string of the molecule is CCC(COC(F)(F)F)NC(=O)c1cn(-c2c(F)cc(F)cc2F)c2nc(N3CC(C)NC3=O)ccc2c1=O. The number of hydrogen-bond donors (Lipinski definition) is 2. The van der Waals surface area contributed by atoms with Gasteiger partial charge < -0.3 is 10.6 Å². The van der Waals surface area contributed by atoms with E-state index < -0.39 is 65.1 Å². The number of hydrogen-bond acceptors (Lipinski definition) is 5. The highest BCUT2D eigenvalue weighted by Gasteiger charge is 2.32. The largest absolute Gasteiger partial charge is 0.522 e. The minimum absolute atomic E-state index is 0.00789. The van der Waals surface area contributed by atoms with Crippen LogP contribution in [0.15, 0.2) is 35.3 Å². The molecular formula is C24H21F6N5O4. The highest BCUT2D eigenvalue weighted by Crippen LogP contribution is 2.26. The van der Waals surface area contributed by atoms with Gasteiger partial charge >= 0.3 is 12.4 Å². The number of pyridine rings is 2. The van der Waals surface area contributed by atoms with Crippen molar-refractivity contribution in [3.8, 4) is 5.69 Å². The molecule has 2 unspecified atom stereocenters. The number of amides is 3. The fraction of sp³-hybridized carbons (Fsp3) is 0.333. The third kappa shape index (κ3) is 5.82.